The number of ether oxygens (including phenoxy) is 3. The fourth-order valence-electron chi connectivity index (χ4n) is 3.39. The maximum atomic E-state index is 12.7. The van der Waals surface area contributed by atoms with Gasteiger partial charge in [-0.25, -0.2) is 9.50 Å². The predicted octanol–water partition coefficient (Wildman–Crippen LogP) is 2.06. The van der Waals surface area contributed by atoms with E-state index in [0.29, 0.717) is 41.4 Å². The number of carbonyl (C=O) groups excluding carboxylic acids is 1. The zero-order valence-corrected chi connectivity index (χ0v) is 14.7. The summed E-state index contributed by atoms with van der Waals surface area (Å²) in [7, 11) is 4.71. The molecule has 2 aromatic heterocycles. The summed E-state index contributed by atoms with van der Waals surface area (Å²) in [6.07, 6.45) is 4.14. The van der Waals surface area contributed by atoms with Crippen LogP contribution in [0.1, 0.15) is 34.0 Å². The average Bonchev–Trinajstić information content (AvgIpc) is 3.12. The number of hydrogen-bond donors (Lipinski definition) is 0. The Morgan fingerprint density at radius 1 is 1.08 bits per heavy atom. The number of fused-ring (bicyclic) bond motifs is 2. The Morgan fingerprint density at radius 3 is 2.46 bits per heavy atom. The summed E-state index contributed by atoms with van der Waals surface area (Å²) in [5.41, 5.74) is 2.29. The summed E-state index contributed by atoms with van der Waals surface area (Å²) >= 11 is 0. The fourth-order valence-corrected chi connectivity index (χ4v) is 3.39. The minimum atomic E-state index is -0.0263. The van der Waals surface area contributed by atoms with Crippen molar-refractivity contribution in [2.24, 2.45) is 0 Å². The Bertz CT molecular complexity index is 973. The Kier molecular flexibility index (Phi) is 3.95. The summed E-state index contributed by atoms with van der Waals surface area (Å²) < 4.78 is 17.7. The molecule has 0 saturated carbocycles. The van der Waals surface area contributed by atoms with Crippen molar-refractivity contribution < 1.29 is 19.0 Å². The second-order valence-electron chi connectivity index (χ2n) is 6.09. The third-order valence-corrected chi connectivity index (χ3v) is 4.68. The highest BCUT2D eigenvalue weighted by Crippen LogP contribution is 2.42. The zero-order valence-electron chi connectivity index (χ0n) is 14.7. The first-order valence-electron chi connectivity index (χ1n) is 8.17. The van der Waals surface area contributed by atoms with E-state index in [2.05, 4.69) is 15.1 Å². The van der Waals surface area contributed by atoms with Crippen molar-refractivity contribution >= 4 is 11.6 Å². The molecule has 134 valence electrons. The molecule has 0 spiro atoms. The van der Waals surface area contributed by atoms with Crippen molar-refractivity contribution in [2.75, 3.05) is 21.3 Å². The molecule has 1 atom stereocenters. The van der Waals surface area contributed by atoms with Crippen molar-refractivity contribution in [3.63, 3.8) is 0 Å². The Balaban J connectivity index is 1.76. The Morgan fingerprint density at radius 2 is 1.81 bits per heavy atom. The number of hydrogen-bond acceptors (Lipinski definition) is 7. The molecule has 1 aliphatic carbocycles. The lowest BCUT2D eigenvalue weighted by molar-refractivity contribution is 0.0962. The van der Waals surface area contributed by atoms with Crippen LogP contribution in [-0.4, -0.2) is 46.7 Å². The molecule has 0 bridgehead atoms. The SMILES string of the molecule is COc1cc([C@H]2CC(=O)c3cn4ncnc4nc3C2)cc(OC)c1OC. The van der Waals surface area contributed by atoms with Crippen molar-refractivity contribution in [2.45, 2.75) is 18.8 Å². The lowest BCUT2D eigenvalue weighted by atomic mass is 9.82. The van der Waals surface area contributed by atoms with E-state index in [1.165, 1.54) is 10.8 Å². The standard InChI is InChI=1S/C18H18N4O4/c1-24-15-6-11(7-16(25-2)17(15)26-3)10-4-13-12(14(23)5-10)8-22-18(21-13)19-9-20-22/h6-10H,4-5H2,1-3H3/t10-/m1/s1. The van der Waals surface area contributed by atoms with Gasteiger partial charge in [0.25, 0.3) is 5.78 Å². The molecule has 0 amide bonds. The van der Waals surface area contributed by atoms with Crippen LogP contribution in [-0.2, 0) is 6.42 Å². The van der Waals surface area contributed by atoms with E-state index < -0.39 is 0 Å². The van der Waals surface area contributed by atoms with Crippen LogP contribution in [0.3, 0.4) is 0 Å². The first-order valence-corrected chi connectivity index (χ1v) is 8.17. The highest BCUT2D eigenvalue weighted by Gasteiger charge is 2.30. The average molecular weight is 354 g/mol. The van der Waals surface area contributed by atoms with E-state index in [-0.39, 0.29) is 11.7 Å². The predicted molar refractivity (Wildman–Crippen MR) is 92.3 cm³/mol. The van der Waals surface area contributed by atoms with Gasteiger partial charge in [-0.1, -0.05) is 0 Å². The van der Waals surface area contributed by atoms with Gasteiger partial charge in [-0.2, -0.15) is 10.1 Å². The number of benzene rings is 1. The van der Waals surface area contributed by atoms with Crippen LogP contribution in [0.15, 0.2) is 24.7 Å². The molecular weight excluding hydrogens is 336 g/mol. The van der Waals surface area contributed by atoms with Crippen LogP contribution in [0.25, 0.3) is 5.78 Å². The summed E-state index contributed by atoms with van der Waals surface area (Å²) in [6, 6.07) is 3.78. The monoisotopic (exact) mass is 354 g/mol. The lowest BCUT2D eigenvalue weighted by Crippen LogP contribution is -2.21. The van der Waals surface area contributed by atoms with Crippen molar-refractivity contribution in [1.82, 2.24) is 19.6 Å². The highest BCUT2D eigenvalue weighted by molar-refractivity contribution is 5.98. The van der Waals surface area contributed by atoms with Crippen molar-refractivity contribution in [3.8, 4) is 17.2 Å². The molecule has 0 saturated heterocycles. The summed E-state index contributed by atoms with van der Waals surface area (Å²) in [4.78, 5) is 21.3. The molecule has 26 heavy (non-hydrogen) atoms. The van der Waals surface area contributed by atoms with Crippen LogP contribution < -0.4 is 14.2 Å². The first kappa shape index (κ1) is 16.3. The maximum absolute atomic E-state index is 12.7. The molecule has 3 aromatic rings. The van der Waals surface area contributed by atoms with E-state index >= 15 is 0 Å². The third kappa shape index (κ3) is 2.54. The minimum Gasteiger partial charge on any atom is -0.493 e. The molecule has 0 N–H and O–H groups in total. The number of nitrogens with zero attached hydrogens (tertiary/aromatic N) is 4. The smallest absolute Gasteiger partial charge is 0.252 e. The molecule has 1 aliphatic rings. The fraction of sp³-hybridized carbons (Fsp3) is 0.333. The van der Waals surface area contributed by atoms with Crippen LogP contribution in [0.4, 0.5) is 0 Å². The number of aromatic nitrogens is 4. The largest absolute Gasteiger partial charge is 0.493 e. The van der Waals surface area contributed by atoms with E-state index in [1.807, 2.05) is 12.1 Å². The lowest BCUT2D eigenvalue weighted by Gasteiger charge is -2.24. The zero-order chi connectivity index (χ0) is 18.3. The molecule has 4 rings (SSSR count). The van der Waals surface area contributed by atoms with E-state index in [9.17, 15) is 4.79 Å². The minimum absolute atomic E-state index is 0.0263. The van der Waals surface area contributed by atoms with Crippen LogP contribution in [0.5, 0.6) is 17.2 Å². The van der Waals surface area contributed by atoms with Gasteiger partial charge in [0, 0.05) is 12.6 Å². The van der Waals surface area contributed by atoms with E-state index in [0.717, 1.165) is 11.3 Å². The highest BCUT2D eigenvalue weighted by atomic mass is 16.5. The molecule has 8 nitrogen and oxygen atoms in total. The Hall–Kier alpha value is -3.16. The summed E-state index contributed by atoms with van der Waals surface area (Å²) in [5.74, 6) is 2.17. The van der Waals surface area contributed by atoms with Crippen LogP contribution in [0, 0.1) is 0 Å². The molecule has 0 aliphatic heterocycles. The molecule has 1 aromatic carbocycles. The molecule has 0 radical (unpaired) electrons. The van der Waals surface area contributed by atoms with Crippen molar-refractivity contribution in [1.29, 1.82) is 0 Å². The summed E-state index contributed by atoms with van der Waals surface area (Å²) in [5, 5.41) is 4.05. The van der Waals surface area contributed by atoms with E-state index in [4.69, 9.17) is 14.2 Å². The van der Waals surface area contributed by atoms with Gasteiger partial charge < -0.3 is 14.2 Å². The van der Waals surface area contributed by atoms with E-state index in [1.54, 1.807) is 27.5 Å². The van der Waals surface area contributed by atoms with Crippen LogP contribution in [0.2, 0.25) is 0 Å². The quantitative estimate of drug-likeness (QED) is 0.708. The van der Waals surface area contributed by atoms with Gasteiger partial charge in [0.2, 0.25) is 5.75 Å². The first-order chi connectivity index (χ1) is 12.6. The van der Waals surface area contributed by atoms with Gasteiger partial charge in [-0.3, -0.25) is 4.79 Å². The van der Waals surface area contributed by atoms with Gasteiger partial charge in [-0.15, -0.1) is 0 Å². The topological polar surface area (TPSA) is 87.8 Å². The van der Waals surface area contributed by atoms with Gasteiger partial charge in [0.05, 0.1) is 32.6 Å². The molecule has 8 heteroatoms. The maximum Gasteiger partial charge on any atom is 0.252 e. The van der Waals surface area contributed by atoms with Gasteiger partial charge in [-0.05, 0) is 30.0 Å². The second kappa shape index (κ2) is 6.29. The van der Waals surface area contributed by atoms with Crippen molar-refractivity contribution in [3.05, 3.63) is 41.5 Å². The number of ketones is 1. The molecular formula is C18H18N4O4. The Labute approximate surface area is 149 Å². The van der Waals surface area contributed by atoms with Gasteiger partial charge in [0.1, 0.15) is 6.33 Å². The second-order valence-corrected chi connectivity index (χ2v) is 6.09. The third-order valence-electron chi connectivity index (χ3n) is 4.68. The molecule has 0 fully saturated rings. The number of methoxy groups -OCH3 is 3. The number of carbonyl (C=O) groups is 1. The van der Waals surface area contributed by atoms with Gasteiger partial charge >= 0.3 is 0 Å². The molecule has 2 heterocycles. The van der Waals surface area contributed by atoms with Crippen LogP contribution >= 0.6 is 0 Å². The molecule has 0 unspecified atom stereocenters. The number of Topliss-reactive ketones (excluding diaryl/α,β-unsaturated/α-hetero) is 1. The summed E-state index contributed by atoms with van der Waals surface area (Å²) in [6.45, 7) is 0. The normalized spacial score (nSPS) is 16.4. The number of rotatable bonds is 4. The van der Waals surface area contributed by atoms with Gasteiger partial charge in [0.15, 0.2) is 17.3 Å².